The first kappa shape index (κ1) is 11.6. The second kappa shape index (κ2) is 4.97. The highest BCUT2D eigenvalue weighted by Crippen LogP contribution is 2.36. The van der Waals surface area contributed by atoms with Crippen molar-refractivity contribution in [2.45, 2.75) is 31.4 Å². The summed E-state index contributed by atoms with van der Waals surface area (Å²) in [6.07, 6.45) is 7.95. The summed E-state index contributed by atoms with van der Waals surface area (Å²) in [5.74, 6) is 0.749. The Hall–Kier alpha value is -0.870. The van der Waals surface area contributed by atoms with E-state index in [2.05, 4.69) is 16.6 Å². The van der Waals surface area contributed by atoms with Crippen LogP contribution in [0, 0.1) is 5.92 Å². The van der Waals surface area contributed by atoms with Gasteiger partial charge in [0, 0.05) is 26.4 Å². The molecule has 1 aliphatic carbocycles. The maximum Gasteiger partial charge on any atom is 0.0755 e. The molecule has 0 amide bonds. The Morgan fingerprint density at radius 1 is 1.62 bits per heavy atom. The zero-order valence-electron chi connectivity index (χ0n) is 10.3. The predicted octanol–water partition coefficient (Wildman–Crippen LogP) is 0.976. The molecule has 0 saturated heterocycles. The molecule has 2 rings (SSSR count). The smallest absolute Gasteiger partial charge is 0.0755 e. The molecule has 1 aromatic rings. The fraction of sp³-hybridized carbons (Fsp3) is 0.750. The Balaban J connectivity index is 1.98. The molecule has 0 spiro atoms. The number of aromatic nitrogens is 2. The molecule has 90 valence electrons. The molecule has 1 saturated carbocycles. The minimum absolute atomic E-state index is 0.338. The Morgan fingerprint density at radius 3 is 2.81 bits per heavy atom. The topological polar surface area (TPSA) is 39.1 Å². The monoisotopic (exact) mass is 223 g/mol. The number of ether oxygens (including phenoxy) is 1. The van der Waals surface area contributed by atoms with E-state index >= 15 is 0 Å². The van der Waals surface area contributed by atoms with Crippen LogP contribution in [0.4, 0.5) is 0 Å². The SMILES string of the molecule is CNC(Cc1cnn(C)c1)C(OC)C1CC1. The van der Waals surface area contributed by atoms with Crippen molar-refractivity contribution in [1.29, 1.82) is 0 Å². The van der Waals surface area contributed by atoms with Gasteiger partial charge in [0.25, 0.3) is 0 Å². The molecular weight excluding hydrogens is 202 g/mol. The van der Waals surface area contributed by atoms with Crippen LogP contribution < -0.4 is 5.32 Å². The van der Waals surface area contributed by atoms with Crippen molar-refractivity contribution in [3.05, 3.63) is 18.0 Å². The maximum atomic E-state index is 5.62. The van der Waals surface area contributed by atoms with E-state index in [0.717, 1.165) is 12.3 Å². The summed E-state index contributed by atoms with van der Waals surface area (Å²) in [5, 5.41) is 7.57. The van der Waals surface area contributed by atoms with Gasteiger partial charge in [-0.3, -0.25) is 4.68 Å². The van der Waals surface area contributed by atoms with E-state index in [-0.39, 0.29) is 0 Å². The van der Waals surface area contributed by atoms with Crippen molar-refractivity contribution in [3.8, 4) is 0 Å². The number of methoxy groups -OCH3 is 1. The highest BCUT2D eigenvalue weighted by Gasteiger charge is 2.36. The van der Waals surface area contributed by atoms with E-state index in [9.17, 15) is 0 Å². The van der Waals surface area contributed by atoms with E-state index in [1.54, 1.807) is 0 Å². The summed E-state index contributed by atoms with van der Waals surface area (Å²) in [5.41, 5.74) is 1.27. The van der Waals surface area contributed by atoms with Crippen LogP contribution in [-0.2, 0) is 18.2 Å². The number of rotatable bonds is 6. The van der Waals surface area contributed by atoms with Gasteiger partial charge in [-0.25, -0.2) is 0 Å². The quantitative estimate of drug-likeness (QED) is 0.781. The van der Waals surface area contributed by atoms with Crippen molar-refractivity contribution in [2.75, 3.05) is 14.2 Å². The standard InChI is InChI=1S/C12H21N3O/c1-13-11(12(16-3)10-4-5-10)6-9-7-14-15(2)8-9/h7-8,10-13H,4-6H2,1-3H3. The van der Waals surface area contributed by atoms with Gasteiger partial charge in [-0.2, -0.15) is 5.10 Å². The van der Waals surface area contributed by atoms with Crippen molar-refractivity contribution < 1.29 is 4.74 Å². The van der Waals surface area contributed by atoms with Crippen LogP contribution in [0.15, 0.2) is 12.4 Å². The number of nitrogens with one attached hydrogen (secondary N) is 1. The first-order valence-electron chi connectivity index (χ1n) is 5.92. The van der Waals surface area contributed by atoms with E-state index in [4.69, 9.17) is 4.74 Å². The third-order valence-electron chi connectivity index (χ3n) is 3.34. The van der Waals surface area contributed by atoms with E-state index < -0.39 is 0 Å². The van der Waals surface area contributed by atoms with Crippen molar-refractivity contribution in [2.24, 2.45) is 13.0 Å². The fourth-order valence-corrected chi connectivity index (χ4v) is 2.32. The van der Waals surface area contributed by atoms with Gasteiger partial charge >= 0.3 is 0 Å². The second-order valence-corrected chi connectivity index (χ2v) is 4.66. The average Bonchev–Trinajstić information content (AvgIpc) is 3.02. The van der Waals surface area contributed by atoms with Crippen LogP contribution in [0.5, 0.6) is 0 Å². The fourth-order valence-electron chi connectivity index (χ4n) is 2.32. The van der Waals surface area contributed by atoms with Crippen LogP contribution in [-0.4, -0.2) is 36.1 Å². The number of hydrogen-bond donors (Lipinski definition) is 1. The molecule has 1 N–H and O–H groups in total. The average molecular weight is 223 g/mol. The molecule has 0 bridgehead atoms. The predicted molar refractivity (Wildman–Crippen MR) is 63.3 cm³/mol. The molecule has 0 aromatic carbocycles. The van der Waals surface area contributed by atoms with Gasteiger partial charge in [-0.05, 0) is 37.8 Å². The number of hydrogen-bond acceptors (Lipinski definition) is 3. The van der Waals surface area contributed by atoms with Crippen LogP contribution in [0.25, 0.3) is 0 Å². The minimum atomic E-state index is 0.338. The Morgan fingerprint density at radius 2 is 2.38 bits per heavy atom. The van der Waals surface area contributed by atoms with Gasteiger partial charge in [0.2, 0.25) is 0 Å². The normalized spacial score (nSPS) is 19.7. The third-order valence-corrected chi connectivity index (χ3v) is 3.34. The lowest BCUT2D eigenvalue weighted by Gasteiger charge is -2.25. The summed E-state index contributed by atoms with van der Waals surface area (Å²) in [6, 6.07) is 0.390. The number of nitrogens with zero attached hydrogens (tertiary/aromatic N) is 2. The van der Waals surface area contributed by atoms with Crippen molar-refractivity contribution >= 4 is 0 Å². The zero-order valence-corrected chi connectivity index (χ0v) is 10.3. The van der Waals surface area contributed by atoms with Gasteiger partial charge < -0.3 is 10.1 Å². The Bertz CT molecular complexity index is 333. The molecule has 1 aliphatic rings. The number of likely N-dealkylation sites (N-methyl/N-ethyl adjacent to an activating group) is 1. The first-order valence-corrected chi connectivity index (χ1v) is 5.92. The first-order chi connectivity index (χ1) is 7.74. The van der Waals surface area contributed by atoms with Crippen LogP contribution >= 0.6 is 0 Å². The van der Waals surface area contributed by atoms with E-state index in [0.29, 0.717) is 12.1 Å². The lowest BCUT2D eigenvalue weighted by Crippen LogP contribution is -2.41. The molecule has 2 atom stereocenters. The summed E-state index contributed by atoms with van der Waals surface area (Å²) in [6.45, 7) is 0. The lowest BCUT2D eigenvalue weighted by atomic mass is 10.0. The van der Waals surface area contributed by atoms with Crippen molar-refractivity contribution in [1.82, 2.24) is 15.1 Å². The van der Waals surface area contributed by atoms with Gasteiger partial charge in [0.15, 0.2) is 0 Å². The largest absolute Gasteiger partial charge is 0.380 e. The summed E-state index contributed by atoms with van der Waals surface area (Å²) in [7, 11) is 5.78. The van der Waals surface area contributed by atoms with Crippen LogP contribution in [0.3, 0.4) is 0 Å². The molecule has 1 fully saturated rings. The van der Waals surface area contributed by atoms with Crippen molar-refractivity contribution in [3.63, 3.8) is 0 Å². The Labute approximate surface area is 97.0 Å². The molecular formula is C12H21N3O. The molecule has 1 aromatic heterocycles. The molecule has 16 heavy (non-hydrogen) atoms. The molecule has 4 heteroatoms. The van der Waals surface area contributed by atoms with Gasteiger partial charge in [0.1, 0.15) is 0 Å². The molecule has 0 aliphatic heterocycles. The second-order valence-electron chi connectivity index (χ2n) is 4.66. The minimum Gasteiger partial charge on any atom is -0.380 e. The highest BCUT2D eigenvalue weighted by molar-refractivity contribution is 5.08. The van der Waals surface area contributed by atoms with Crippen LogP contribution in [0.1, 0.15) is 18.4 Å². The van der Waals surface area contributed by atoms with E-state index in [1.165, 1.54) is 18.4 Å². The number of aryl methyl sites for hydroxylation is 1. The molecule has 1 heterocycles. The summed E-state index contributed by atoms with van der Waals surface area (Å²) >= 11 is 0. The maximum absolute atomic E-state index is 5.62. The highest BCUT2D eigenvalue weighted by atomic mass is 16.5. The van der Waals surface area contributed by atoms with Gasteiger partial charge in [0.05, 0.1) is 12.3 Å². The van der Waals surface area contributed by atoms with Gasteiger partial charge in [-0.15, -0.1) is 0 Å². The van der Waals surface area contributed by atoms with Gasteiger partial charge in [-0.1, -0.05) is 0 Å². The zero-order chi connectivity index (χ0) is 11.5. The lowest BCUT2D eigenvalue weighted by molar-refractivity contribution is 0.0534. The molecule has 0 radical (unpaired) electrons. The van der Waals surface area contributed by atoms with Crippen LogP contribution in [0.2, 0.25) is 0 Å². The van der Waals surface area contributed by atoms with E-state index in [1.807, 2.05) is 32.1 Å². The summed E-state index contributed by atoms with van der Waals surface area (Å²) in [4.78, 5) is 0. The Kier molecular flexibility index (Phi) is 3.61. The molecule has 2 unspecified atom stereocenters. The third kappa shape index (κ3) is 2.62. The summed E-state index contributed by atoms with van der Waals surface area (Å²) < 4.78 is 7.46. The molecule has 4 nitrogen and oxygen atoms in total.